The predicted octanol–water partition coefficient (Wildman–Crippen LogP) is 3.85. The van der Waals surface area contributed by atoms with Gasteiger partial charge in [-0.3, -0.25) is 0 Å². The van der Waals surface area contributed by atoms with Gasteiger partial charge in [0.1, 0.15) is 6.61 Å². The van der Waals surface area contributed by atoms with E-state index in [9.17, 15) is 5.11 Å². The maximum absolute atomic E-state index is 10.6. The quantitative estimate of drug-likeness (QED) is 0.543. The fourth-order valence-corrected chi connectivity index (χ4v) is 7.86. The molecule has 3 N–H and O–H groups in total. The first-order chi connectivity index (χ1) is 14.9. The van der Waals surface area contributed by atoms with Gasteiger partial charge in [0.25, 0.3) is 0 Å². The number of rotatable bonds is 5. The Kier molecular flexibility index (Phi) is 5.62. The molecule has 1 heterocycles. The smallest absolute Gasteiger partial charge is 0.230 e. The molecule has 1 aromatic rings. The van der Waals surface area contributed by atoms with Gasteiger partial charge in [0, 0.05) is 0 Å². The van der Waals surface area contributed by atoms with E-state index in [1.54, 1.807) is 0 Å². The Hall–Kier alpha value is -1.47. The lowest BCUT2D eigenvalue weighted by Crippen LogP contribution is -2.54. The second-order valence-electron chi connectivity index (χ2n) is 11.0. The summed E-state index contributed by atoms with van der Waals surface area (Å²) in [7, 11) is 0. The number of nitrogens with zero attached hydrogens (tertiary/aromatic N) is 3. The van der Waals surface area contributed by atoms with Gasteiger partial charge in [-0.25, -0.2) is 0 Å². The summed E-state index contributed by atoms with van der Waals surface area (Å²) in [6.45, 7) is 5.67. The van der Waals surface area contributed by atoms with Crippen LogP contribution in [-0.4, -0.2) is 33.7 Å². The zero-order chi connectivity index (χ0) is 21.6. The van der Waals surface area contributed by atoms with Crippen molar-refractivity contribution >= 4 is 5.71 Å². The van der Waals surface area contributed by atoms with Crippen molar-refractivity contribution in [2.45, 2.75) is 90.7 Å². The lowest BCUT2D eigenvalue weighted by atomic mass is 9.45. The molecule has 1 aromatic heterocycles. The second kappa shape index (κ2) is 8.14. The molecule has 7 nitrogen and oxygen atoms in total. The highest BCUT2D eigenvalue weighted by atomic mass is 16.6. The first-order valence-corrected chi connectivity index (χ1v) is 12.3. The van der Waals surface area contributed by atoms with Crippen molar-refractivity contribution in [3.63, 3.8) is 0 Å². The lowest BCUT2D eigenvalue weighted by molar-refractivity contribution is -0.112. The van der Waals surface area contributed by atoms with E-state index in [4.69, 9.17) is 15.1 Å². The summed E-state index contributed by atoms with van der Waals surface area (Å²) >= 11 is 0. The number of fused-ring (bicyclic) bond motifs is 5. The summed E-state index contributed by atoms with van der Waals surface area (Å²) in [4.78, 5) is 9.82. The molecular formula is C24H38N4O3. The predicted molar refractivity (Wildman–Crippen MR) is 117 cm³/mol. The Labute approximate surface area is 185 Å². The average molecular weight is 431 g/mol. The molecule has 0 radical (unpaired) electrons. The van der Waals surface area contributed by atoms with Crippen molar-refractivity contribution in [3.8, 4) is 0 Å². The van der Waals surface area contributed by atoms with Crippen LogP contribution >= 0.6 is 0 Å². The largest absolute Gasteiger partial charge is 0.395 e. The van der Waals surface area contributed by atoms with Crippen LogP contribution in [0, 0.1) is 34.5 Å². The summed E-state index contributed by atoms with van der Waals surface area (Å²) in [5.41, 5.74) is 7.31. The minimum Gasteiger partial charge on any atom is -0.395 e. The van der Waals surface area contributed by atoms with Crippen molar-refractivity contribution in [2.75, 3.05) is 6.61 Å². The molecule has 172 valence electrons. The van der Waals surface area contributed by atoms with Gasteiger partial charge >= 0.3 is 0 Å². The second-order valence-corrected chi connectivity index (χ2v) is 11.0. The van der Waals surface area contributed by atoms with Gasteiger partial charge in [0.15, 0.2) is 5.82 Å². The molecule has 5 rings (SSSR count). The maximum Gasteiger partial charge on any atom is 0.230 e. The molecule has 0 aromatic carbocycles. The number of aliphatic hydroxyl groups is 1. The Morgan fingerprint density at radius 1 is 1.13 bits per heavy atom. The van der Waals surface area contributed by atoms with Crippen LogP contribution in [-0.2, 0) is 17.8 Å². The Bertz CT molecular complexity index is 826. The highest BCUT2D eigenvalue weighted by molar-refractivity contribution is 5.85. The van der Waals surface area contributed by atoms with Crippen LogP contribution < -0.4 is 5.73 Å². The average Bonchev–Trinajstić information content (AvgIpc) is 3.35. The zero-order valence-electron chi connectivity index (χ0n) is 19.1. The minimum absolute atomic E-state index is 0.0831. The summed E-state index contributed by atoms with van der Waals surface area (Å²) < 4.78 is 5.14. The fraction of sp³-hybridized carbons (Fsp3) is 0.875. The molecule has 4 aliphatic carbocycles. The standard InChI is InChI=1S/C24H38N4O3/c1-23-10-7-16(27-30-12-9-22-26-21(14-25)28-31-22)13-15(23)3-4-17-18-5-6-20(29)24(18,2)11-8-19(17)23/h15,17-20,29H,3-14,25H2,1-2H3/t15?,17?,18?,19-,20?,23?,24?/m0/s1. The van der Waals surface area contributed by atoms with Gasteiger partial charge in [-0.1, -0.05) is 24.2 Å². The monoisotopic (exact) mass is 430 g/mol. The van der Waals surface area contributed by atoms with Crippen LogP contribution in [0.15, 0.2) is 9.68 Å². The van der Waals surface area contributed by atoms with Crippen molar-refractivity contribution in [2.24, 2.45) is 45.4 Å². The van der Waals surface area contributed by atoms with Crippen molar-refractivity contribution in [1.82, 2.24) is 10.1 Å². The van der Waals surface area contributed by atoms with Crippen LogP contribution in [0.5, 0.6) is 0 Å². The van der Waals surface area contributed by atoms with Gasteiger partial charge in [-0.05, 0) is 92.3 Å². The van der Waals surface area contributed by atoms with Crippen LogP contribution in [0.2, 0.25) is 0 Å². The molecule has 0 spiro atoms. The third kappa shape index (κ3) is 3.62. The zero-order valence-corrected chi connectivity index (χ0v) is 19.1. The van der Waals surface area contributed by atoms with E-state index in [0.29, 0.717) is 36.1 Å². The molecule has 31 heavy (non-hydrogen) atoms. The van der Waals surface area contributed by atoms with Crippen LogP contribution in [0.4, 0.5) is 0 Å². The number of aromatic nitrogens is 2. The van der Waals surface area contributed by atoms with Gasteiger partial charge in [-0.15, -0.1) is 0 Å². The number of aliphatic hydroxyl groups excluding tert-OH is 1. The molecule has 7 atom stereocenters. The van der Waals surface area contributed by atoms with Gasteiger partial charge in [-0.2, -0.15) is 4.98 Å². The van der Waals surface area contributed by atoms with Crippen LogP contribution in [0.3, 0.4) is 0 Å². The van der Waals surface area contributed by atoms with E-state index in [1.165, 1.54) is 44.2 Å². The number of hydrogen-bond donors (Lipinski definition) is 2. The third-order valence-corrected chi connectivity index (χ3v) is 9.74. The van der Waals surface area contributed by atoms with Crippen molar-refractivity contribution in [3.05, 3.63) is 11.7 Å². The highest BCUT2D eigenvalue weighted by Gasteiger charge is 2.59. The van der Waals surface area contributed by atoms with E-state index >= 15 is 0 Å². The minimum atomic E-state index is -0.0831. The SMILES string of the molecule is CC12CC[C@H]3C(CCC4CC(=NOCCc5nc(CN)no5)CCC43C)C1CCC2O. The van der Waals surface area contributed by atoms with E-state index in [-0.39, 0.29) is 18.1 Å². The summed E-state index contributed by atoms with van der Waals surface area (Å²) in [6.07, 6.45) is 11.2. The molecular weight excluding hydrogens is 392 g/mol. The summed E-state index contributed by atoms with van der Waals surface area (Å²) in [5.74, 6) is 4.13. The van der Waals surface area contributed by atoms with E-state index in [2.05, 4.69) is 29.1 Å². The first kappa shape index (κ1) is 21.4. The van der Waals surface area contributed by atoms with Crippen molar-refractivity contribution < 1.29 is 14.5 Å². The molecule has 7 heteroatoms. The third-order valence-electron chi connectivity index (χ3n) is 9.74. The lowest BCUT2D eigenvalue weighted by Gasteiger charge is -2.60. The van der Waals surface area contributed by atoms with Crippen molar-refractivity contribution in [1.29, 1.82) is 0 Å². The topological polar surface area (TPSA) is 107 Å². The highest BCUT2D eigenvalue weighted by Crippen LogP contribution is 2.65. The van der Waals surface area contributed by atoms with Gasteiger partial charge in [0.05, 0.1) is 24.8 Å². The molecule has 0 amide bonds. The molecule has 4 saturated carbocycles. The van der Waals surface area contributed by atoms with Gasteiger partial charge in [0.2, 0.25) is 5.89 Å². The first-order valence-electron chi connectivity index (χ1n) is 12.3. The Morgan fingerprint density at radius 2 is 1.97 bits per heavy atom. The molecule has 4 fully saturated rings. The number of oxime groups is 1. The number of nitrogens with two attached hydrogens (primary N) is 1. The number of hydrogen-bond acceptors (Lipinski definition) is 7. The molecule has 4 aliphatic rings. The van der Waals surface area contributed by atoms with E-state index in [1.807, 2.05) is 0 Å². The normalized spacial score (nSPS) is 43.4. The summed E-state index contributed by atoms with van der Waals surface area (Å²) in [5, 5.41) is 18.9. The van der Waals surface area contributed by atoms with Crippen LogP contribution in [0.1, 0.15) is 83.3 Å². The Morgan fingerprint density at radius 3 is 2.77 bits per heavy atom. The molecule has 0 saturated heterocycles. The Balaban J connectivity index is 1.19. The van der Waals surface area contributed by atoms with Crippen LogP contribution in [0.25, 0.3) is 0 Å². The molecule has 0 bridgehead atoms. The van der Waals surface area contributed by atoms with Gasteiger partial charge < -0.3 is 20.2 Å². The molecule has 0 aliphatic heterocycles. The fourth-order valence-electron chi connectivity index (χ4n) is 7.86. The van der Waals surface area contributed by atoms with E-state index < -0.39 is 0 Å². The van der Waals surface area contributed by atoms with E-state index in [0.717, 1.165) is 37.0 Å². The molecule has 6 unspecified atom stereocenters. The maximum atomic E-state index is 10.6. The summed E-state index contributed by atoms with van der Waals surface area (Å²) in [6, 6.07) is 0.